The van der Waals surface area contributed by atoms with Gasteiger partial charge in [0.05, 0.1) is 0 Å². The molecule has 178 valence electrons. The smallest absolute Gasteiger partial charge is 0.0117 e. The number of rotatable bonds is 8. The first kappa shape index (κ1) is 28.7. The summed E-state index contributed by atoms with van der Waals surface area (Å²) in [6.45, 7) is 26.5. The van der Waals surface area contributed by atoms with E-state index >= 15 is 0 Å². The number of hydrogen-bond acceptors (Lipinski definition) is 0. The molecule has 0 heterocycles. The summed E-state index contributed by atoms with van der Waals surface area (Å²) in [5, 5.41) is 0. The first-order chi connectivity index (χ1) is 16.2. The van der Waals surface area contributed by atoms with Crippen molar-refractivity contribution in [2.45, 2.75) is 54.9 Å². The highest BCUT2D eigenvalue weighted by Gasteiger charge is 2.13. The molecule has 2 aromatic rings. The van der Waals surface area contributed by atoms with Gasteiger partial charge in [0.15, 0.2) is 0 Å². The van der Waals surface area contributed by atoms with E-state index in [1.54, 1.807) is 6.08 Å². The van der Waals surface area contributed by atoms with Gasteiger partial charge in [-0.3, -0.25) is 0 Å². The van der Waals surface area contributed by atoms with Crippen LogP contribution in [0.1, 0.15) is 68.9 Å². The van der Waals surface area contributed by atoms with Crippen LogP contribution in [0.4, 0.5) is 0 Å². The Morgan fingerprint density at radius 1 is 0.912 bits per heavy atom. The third kappa shape index (κ3) is 8.52. The van der Waals surface area contributed by atoms with Crippen LogP contribution in [-0.4, -0.2) is 0 Å². The summed E-state index contributed by atoms with van der Waals surface area (Å²) in [6.07, 6.45) is 13.0. The van der Waals surface area contributed by atoms with E-state index in [-0.39, 0.29) is 0 Å². The van der Waals surface area contributed by atoms with Crippen molar-refractivity contribution in [2.75, 3.05) is 0 Å². The lowest BCUT2D eigenvalue weighted by Crippen LogP contribution is -1.96. The zero-order valence-electron chi connectivity index (χ0n) is 22.3. The van der Waals surface area contributed by atoms with Gasteiger partial charge in [0.1, 0.15) is 0 Å². The Bertz CT molecular complexity index is 1130. The van der Waals surface area contributed by atoms with Crippen LogP contribution in [0.15, 0.2) is 110 Å². The van der Waals surface area contributed by atoms with Crippen molar-refractivity contribution in [3.8, 4) is 0 Å². The number of allylic oxidation sites excluding steroid dienone is 11. The summed E-state index contributed by atoms with van der Waals surface area (Å²) in [7, 11) is 0. The van der Waals surface area contributed by atoms with Crippen LogP contribution < -0.4 is 0 Å². The topological polar surface area (TPSA) is 0 Å². The quantitative estimate of drug-likeness (QED) is 0.277. The van der Waals surface area contributed by atoms with Crippen LogP contribution in [-0.2, 0) is 0 Å². The standard InChI is InChI=1S/C25H28.C9H14/c1-8-10-20(6)25(24-15-18(4)13-14-19(24)5)21(7)23-12-9-11-22(16-23)17(2)3;1-4-7-8-9(5-2)6-3/h8-16H,1-2H2,3-7H3;4-5,7-8H,1,6H2,2-3H3/b20-10-,25-21-;8-7-,9-5-. The zero-order valence-corrected chi connectivity index (χ0v) is 22.3. The van der Waals surface area contributed by atoms with Gasteiger partial charge in [0.25, 0.3) is 0 Å². The van der Waals surface area contributed by atoms with E-state index in [0.29, 0.717) is 0 Å². The Morgan fingerprint density at radius 2 is 1.59 bits per heavy atom. The molecule has 0 aromatic heterocycles. The number of aryl methyl sites for hydroxylation is 2. The molecule has 0 heteroatoms. The highest BCUT2D eigenvalue weighted by Crippen LogP contribution is 2.34. The first-order valence-electron chi connectivity index (χ1n) is 12.0. The second-order valence-electron chi connectivity index (χ2n) is 8.58. The van der Waals surface area contributed by atoms with Crippen LogP contribution in [0.25, 0.3) is 16.7 Å². The van der Waals surface area contributed by atoms with Gasteiger partial charge in [-0.25, -0.2) is 0 Å². The Hall–Kier alpha value is -3.38. The minimum atomic E-state index is 1.08. The van der Waals surface area contributed by atoms with Crippen LogP contribution >= 0.6 is 0 Å². The minimum Gasteiger partial charge on any atom is -0.0991 e. The SMILES string of the molecule is C=C/C=C(C)\C(=C(/C)c1cccc(C(=C)C)c1)c1cc(C)ccc1C.C=C/C=C\C(=C/C)CC. The van der Waals surface area contributed by atoms with Crippen molar-refractivity contribution in [3.05, 3.63) is 138 Å². The van der Waals surface area contributed by atoms with Crippen molar-refractivity contribution in [3.63, 3.8) is 0 Å². The molecule has 0 aliphatic rings. The van der Waals surface area contributed by atoms with Crippen LogP contribution in [0.2, 0.25) is 0 Å². The van der Waals surface area contributed by atoms with Gasteiger partial charge in [0, 0.05) is 0 Å². The lowest BCUT2D eigenvalue weighted by molar-refractivity contribution is 1.14. The fourth-order valence-corrected chi connectivity index (χ4v) is 3.75. The van der Waals surface area contributed by atoms with Crippen molar-refractivity contribution >= 4 is 16.7 Å². The molecule has 0 aliphatic carbocycles. The Balaban J connectivity index is 0.000000546. The molecule has 0 radical (unpaired) electrons. The highest BCUT2D eigenvalue weighted by atomic mass is 14.2. The molecule has 34 heavy (non-hydrogen) atoms. The Kier molecular flexibility index (Phi) is 12.4. The van der Waals surface area contributed by atoms with Crippen molar-refractivity contribution in [1.29, 1.82) is 0 Å². The molecule has 0 amide bonds. The lowest BCUT2D eigenvalue weighted by atomic mass is 9.87. The van der Waals surface area contributed by atoms with E-state index in [0.717, 1.165) is 12.0 Å². The van der Waals surface area contributed by atoms with E-state index in [4.69, 9.17) is 0 Å². The van der Waals surface area contributed by atoms with Gasteiger partial charge in [0.2, 0.25) is 0 Å². The molecule has 2 rings (SSSR count). The molecule has 0 aliphatic heterocycles. The maximum Gasteiger partial charge on any atom is -0.0117 e. The second kappa shape index (κ2) is 14.7. The van der Waals surface area contributed by atoms with E-state index in [2.05, 4.69) is 115 Å². The van der Waals surface area contributed by atoms with Crippen molar-refractivity contribution < 1.29 is 0 Å². The fourth-order valence-electron chi connectivity index (χ4n) is 3.75. The third-order valence-electron chi connectivity index (χ3n) is 5.81. The molecule has 0 atom stereocenters. The van der Waals surface area contributed by atoms with Crippen molar-refractivity contribution in [2.24, 2.45) is 0 Å². The normalized spacial score (nSPS) is 12.6. The summed E-state index contributed by atoms with van der Waals surface area (Å²) in [4.78, 5) is 0. The molecule has 0 fully saturated rings. The number of benzene rings is 2. The van der Waals surface area contributed by atoms with Crippen LogP contribution in [0, 0.1) is 13.8 Å². The molecular formula is C34H42. The summed E-state index contributed by atoms with van der Waals surface area (Å²) in [5.74, 6) is 0. The largest absolute Gasteiger partial charge is 0.0991 e. The van der Waals surface area contributed by atoms with Gasteiger partial charge in [-0.2, -0.15) is 0 Å². The zero-order chi connectivity index (χ0) is 25.7. The van der Waals surface area contributed by atoms with Crippen LogP contribution in [0.5, 0.6) is 0 Å². The monoisotopic (exact) mass is 450 g/mol. The molecule has 0 nitrogen and oxygen atoms in total. The molecule has 0 saturated carbocycles. The Morgan fingerprint density at radius 3 is 2.15 bits per heavy atom. The maximum atomic E-state index is 4.08. The lowest BCUT2D eigenvalue weighted by Gasteiger charge is -2.18. The predicted molar refractivity (Wildman–Crippen MR) is 157 cm³/mol. The van der Waals surface area contributed by atoms with Crippen LogP contribution in [0.3, 0.4) is 0 Å². The first-order valence-corrected chi connectivity index (χ1v) is 12.0. The summed E-state index contributed by atoms with van der Waals surface area (Å²) >= 11 is 0. The van der Waals surface area contributed by atoms with Gasteiger partial charge in [-0.1, -0.05) is 116 Å². The summed E-state index contributed by atoms with van der Waals surface area (Å²) in [5.41, 5.74) is 12.5. The molecular weight excluding hydrogens is 408 g/mol. The molecule has 2 aromatic carbocycles. The van der Waals surface area contributed by atoms with Crippen molar-refractivity contribution in [1.82, 2.24) is 0 Å². The third-order valence-corrected chi connectivity index (χ3v) is 5.81. The predicted octanol–water partition coefficient (Wildman–Crippen LogP) is 10.5. The maximum absolute atomic E-state index is 4.08. The summed E-state index contributed by atoms with van der Waals surface area (Å²) < 4.78 is 0. The average Bonchev–Trinajstić information content (AvgIpc) is 2.82. The van der Waals surface area contributed by atoms with Gasteiger partial charge in [-0.15, -0.1) is 0 Å². The molecule has 0 N–H and O–H groups in total. The van der Waals surface area contributed by atoms with E-state index in [1.165, 1.54) is 50.1 Å². The Labute approximate surface area is 209 Å². The molecule has 0 bridgehead atoms. The van der Waals surface area contributed by atoms with Gasteiger partial charge >= 0.3 is 0 Å². The molecule has 0 unspecified atom stereocenters. The molecule has 0 spiro atoms. The van der Waals surface area contributed by atoms with E-state index in [1.807, 2.05) is 26.0 Å². The van der Waals surface area contributed by atoms with Gasteiger partial charge < -0.3 is 0 Å². The van der Waals surface area contributed by atoms with E-state index < -0.39 is 0 Å². The number of hydrogen-bond donors (Lipinski definition) is 0. The summed E-state index contributed by atoms with van der Waals surface area (Å²) in [6, 6.07) is 15.3. The fraction of sp³-hybridized carbons (Fsp3) is 0.235. The van der Waals surface area contributed by atoms with Gasteiger partial charge in [-0.05, 0) is 93.0 Å². The minimum absolute atomic E-state index is 1.08. The average molecular weight is 451 g/mol. The molecule has 0 saturated heterocycles. The second-order valence-corrected chi connectivity index (χ2v) is 8.58. The highest BCUT2D eigenvalue weighted by molar-refractivity contribution is 5.98. The van der Waals surface area contributed by atoms with E-state index in [9.17, 15) is 0 Å².